The molecule has 2 aromatic carbocycles. The molecule has 1 aliphatic rings. The number of anilines is 2. The molecule has 1 N–H and O–H groups in total. The highest BCUT2D eigenvalue weighted by molar-refractivity contribution is 6.15. The molecule has 0 fully saturated rings. The van der Waals surface area contributed by atoms with E-state index < -0.39 is 5.97 Å². The van der Waals surface area contributed by atoms with Gasteiger partial charge in [0.25, 0.3) is 0 Å². The van der Waals surface area contributed by atoms with Gasteiger partial charge in [-0.1, -0.05) is 26.0 Å². The first-order valence-corrected chi connectivity index (χ1v) is 10.6. The lowest BCUT2D eigenvalue weighted by Crippen LogP contribution is -2.32. The lowest BCUT2D eigenvalue weighted by atomic mass is 9.67. The van der Waals surface area contributed by atoms with Crippen molar-refractivity contribution in [3.63, 3.8) is 0 Å². The Morgan fingerprint density at radius 1 is 1.00 bits per heavy atom. The molecule has 0 amide bonds. The Bertz CT molecular complexity index is 1050. The van der Waals surface area contributed by atoms with E-state index in [1.54, 1.807) is 0 Å². The molecule has 0 saturated carbocycles. The van der Waals surface area contributed by atoms with E-state index in [-0.39, 0.29) is 17.6 Å². The fraction of sp³-hybridized carbons (Fsp3) is 0.385. The van der Waals surface area contributed by atoms with Gasteiger partial charge < -0.3 is 14.9 Å². The number of unbranched alkanes of at least 4 members (excludes halogenated alkanes) is 1. The second-order valence-electron chi connectivity index (χ2n) is 9.12. The average Bonchev–Trinajstić information content (AvgIpc) is 2.70. The molecule has 5 nitrogen and oxygen atoms in total. The van der Waals surface area contributed by atoms with E-state index in [2.05, 4.69) is 30.9 Å². The van der Waals surface area contributed by atoms with Crippen LogP contribution in [0, 0.1) is 0 Å². The standard InChI is InChI=1S/C26H32N2O3/c1-26(2)21-15-18(27(3)4)12-13-20(21)25(31)24-17(10-8-7-9-11-23(29)30)14-19(28(5)6)16-22(24)26/h8,10,12-16H,7,9,11H2,1-6H3,(H,29,30)/b10-8+. The van der Waals surface area contributed by atoms with Crippen LogP contribution in [0.2, 0.25) is 0 Å². The van der Waals surface area contributed by atoms with Gasteiger partial charge in [0.15, 0.2) is 5.78 Å². The van der Waals surface area contributed by atoms with E-state index in [1.807, 2.05) is 63.4 Å². The highest BCUT2D eigenvalue weighted by Crippen LogP contribution is 2.45. The van der Waals surface area contributed by atoms with Crippen LogP contribution < -0.4 is 9.80 Å². The quantitative estimate of drug-likeness (QED) is 0.642. The minimum Gasteiger partial charge on any atom is -0.481 e. The van der Waals surface area contributed by atoms with Crippen LogP contribution in [0.15, 0.2) is 36.4 Å². The van der Waals surface area contributed by atoms with Crippen molar-refractivity contribution in [2.75, 3.05) is 38.0 Å². The van der Waals surface area contributed by atoms with Gasteiger partial charge in [-0.05, 0) is 59.9 Å². The molecule has 0 unspecified atom stereocenters. The van der Waals surface area contributed by atoms with Crippen molar-refractivity contribution in [3.05, 3.63) is 64.2 Å². The molecule has 5 heteroatoms. The van der Waals surface area contributed by atoms with Gasteiger partial charge in [0.1, 0.15) is 0 Å². The number of aliphatic carboxylic acids is 1. The summed E-state index contributed by atoms with van der Waals surface area (Å²) in [6.07, 6.45) is 5.34. The van der Waals surface area contributed by atoms with Crippen molar-refractivity contribution >= 4 is 29.2 Å². The number of hydrogen-bond donors (Lipinski definition) is 1. The molecule has 0 aliphatic heterocycles. The van der Waals surface area contributed by atoms with E-state index >= 15 is 0 Å². The third-order valence-corrected chi connectivity index (χ3v) is 6.07. The minimum atomic E-state index is -0.786. The first-order chi connectivity index (χ1) is 14.5. The van der Waals surface area contributed by atoms with Crippen molar-refractivity contribution in [2.45, 2.75) is 38.5 Å². The van der Waals surface area contributed by atoms with Gasteiger partial charge in [-0.15, -0.1) is 0 Å². The van der Waals surface area contributed by atoms with Crippen LogP contribution in [0.4, 0.5) is 11.4 Å². The van der Waals surface area contributed by atoms with E-state index in [4.69, 9.17) is 5.11 Å². The smallest absolute Gasteiger partial charge is 0.303 e. The molecule has 1 aliphatic carbocycles. The summed E-state index contributed by atoms with van der Waals surface area (Å²) in [5, 5.41) is 8.85. The molecule has 0 bridgehead atoms. The molecule has 31 heavy (non-hydrogen) atoms. The zero-order valence-corrected chi connectivity index (χ0v) is 19.3. The fourth-order valence-corrected chi connectivity index (χ4v) is 4.17. The summed E-state index contributed by atoms with van der Waals surface area (Å²) in [6, 6.07) is 10.2. The van der Waals surface area contributed by atoms with Crippen LogP contribution in [-0.2, 0) is 10.2 Å². The van der Waals surface area contributed by atoms with Gasteiger partial charge >= 0.3 is 5.97 Å². The summed E-state index contributed by atoms with van der Waals surface area (Å²) in [4.78, 5) is 28.5. The Hall–Kier alpha value is -3.08. The van der Waals surface area contributed by atoms with Crippen LogP contribution in [-0.4, -0.2) is 45.0 Å². The van der Waals surface area contributed by atoms with Crippen LogP contribution >= 0.6 is 0 Å². The molecule has 3 rings (SSSR count). The predicted molar refractivity (Wildman–Crippen MR) is 128 cm³/mol. The van der Waals surface area contributed by atoms with Gasteiger partial charge in [0.05, 0.1) is 0 Å². The third kappa shape index (κ3) is 4.36. The number of allylic oxidation sites excluding steroid dienone is 1. The third-order valence-electron chi connectivity index (χ3n) is 6.07. The van der Waals surface area contributed by atoms with E-state index in [9.17, 15) is 9.59 Å². The van der Waals surface area contributed by atoms with Crippen molar-refractivity contribution in [3.8, 4) is 0 Å². The largest absolute Gasteiger partial charge is 0.481 e. The lowest BCUT2D eigenvalue weighted by molar-refractivity contribution is -0.137. The molecular formula is C26H32N2O3. The van der Waals surface area contributed by atoms with Gasteiger partial charge in [-0.2, -0.15) is 0 Å². The highest BCUT2D eigenvalue weighted by atomic mass is 16.4. The number of nitrogens with zero attached hydrogens (tertiary/aromatic N) is 2. The Labute approximate surface area is 185 Å². The SMILES string of the molecule is CN(C)c1ccc2c(c1)C(C)(C)c1cc(N(C)C)cc(/C=C/CCCC(=O)O)c1C2=O. The second kappa shape index (κ2) is 8.58. The van der Waals surface area contributed by atoms with Gasteiger partial charge in [0.2, 0.25) is 0 Å². The summed E-state index contributed by atoms with van der Waals surface area (Å²) in [5.41, 5.74) is 6.24. The van der Waals surface area contributed by atoms with E-state index in [1.165, 1.54) is 0 Å². The van der Waals surface area contributed by atoms with Gasteiger partial charge in [0, 0.05) is 62.5 Å². The maximum Gasteiger partial charge on any atom is 0.303 e. The highest BCUT2D eigenvalue weighted by Gasteiger charge is 2.38. The first kappa shape index (κ1) is 22.6. The van der Waals surface area contributed by atoms with Crippen LogP contribution in [0.5, 0.6) is 0 Å². The molecule has 0 aromatic heterocycles. The topological polar surface area (TPSA) is 60.9 Å². The van der Waals surface area contributed by atoms with Crippen LogP contribution in [0.1, 0.15) is 65.7 Å². The summed E-state index contributed by atoms with van der Waals surface area (Å²) in [7, 11) is 8.01. The second-order valence-corrected chi connectivity index (χ2v) is 9.12. The maximum atomic E-state index is 13.6. The van der Waals surface area contributed by atoms with Gasteiger partial charge in [-0.3, -0.25) is 9.59 Å². The summed E-state index contributed by atoms with van der Waals surface area (Å²) in [5.74, 6) is -0.740. The van der Waals surface area contributed by atoms with Crippen LogP contribution in [0.3, 0.4) is 0 Å². The Kier molecular flexibility index (Phi) is 6.25. The normalized spacial score (nSPS) is 14.3. The number of benzene rings is 2. The Balaban J connectivity index is 2.13. The average molecular weight is 421 g/mol. The number of carboxylic acid groups (broad SMARTS) is 1. The zero-order valence-electron chi connectivity index (χ0n) is 19.3. The number of carbonyl (C=O) groups excluding carboxylic acids is 1. The minimum absolute atomic E-state index is 0.0464. The Morgan fingerprint density at radius 2 is 1.65 bits per heavy atom. The fourth-order valence-electron chi connectivity index (χ4n) is 4.17. The Morgan fingerprint density at radius 3 is 2.26 bits per heavy atom. The van der Waals surface area contributed by atoms with Crippen molar-refractivity contribution in [1.82, 2.24) is 0 Å². The zero-order chi connectivity index (χ0) is 22.9. The molecule has 2 aromatic rings. The predicted octanol–water partition coefficient (Wildman–Crippen LogP) is 4.96. The number of ketones is 1. The van der Waals surface area contributed by atoms with E-state index in [0.29, 0.717) is 12.8 Å². The maximum absolute atomic E-state index is 13.6. The lowest BCUT2D eigenvalue weighted by Gasteiger charge is -2.36. The van der Waals surface area contributed by atoms with E-state index in [0.717, 1.165) is 39.2 Å². The summed E-state index contributed by atoms with van der Waals surface area (Å²) >= 11 is 0. The van der Waals surface area contributed by atoms with Gasteiger partial charge in [-0.25, -0.2) is 0 Å². The molecule has 0 radical (unpaired) electrons. The molecule has 0 saturated heterocycles. The van der Waals surface area contributed by atoms with Crippen molar-refractivity contribution in [2.24, 2.45) is 0 Å². The molecular weight excluding hydrogens is 388 g/mol. The molecule has 164 valence electrons. The number of hydrogen-bond acceptors (Lipinski definition) is 4. The van der Waals surface area contributed by atoms with Crippen molar-refractivity contribution in [1.29, 1.82) is 0 Å². The number of rotatable bonds is 7. The van der Waals surface area contributed by atoms with Crippen LogP contribution in [0.25, 0.3) is 6.08 Å². The monoisotopic (exact) mass is 420 g/mol. The molecule has 0 spiro atoms. The number of carbonyl (C=O) groups is 2. The number of carboxylic acids is 1. The molecule has 0 heterocycles. The van der Waals surface area contributed by atoms with Crippen molar-refractivity contribution < 1.29 is 14.7 Å². The number of fused-ring (bicyclic) bond motifs is 2. The first-order valence-electron chi connectivity index (χ1n) is 10.6. The summed E-state index contributed by atoms with van der Waals surface area (Å²) < 4.78 is 0. The summed E-state index contributed by atoms with van der Waals surface area (Å²) in [6.45, 7) is 4.35. The molecule has 0 atom stereocenters.